The zero-order chi connectivity index (χ0) is 9.90. The lowest BCUT2D eigenvalue weighted by atomic mass is 10.3. The molecule has 0 unspecified atom stereocenters. The Morgan fingerprint density at radius 1 is 1.31 bits per heavy atom. The highest BCUT2D eigenvalue weighted by atomic mass is 32.1. The van der Waals surface area contributed by atoms with E-state index in [0.29, 0.717) is 5.56 Å². The maximum atomic E-state index is 11.9. The summed E-state index contributed by atoms with van der Waals surface area (Å²) in [5.74, 6) is 0. The van der Waals surface area contributed by atoms with E-state index in [2.05, 4.69) is 17.6 Å². The lowest BCUT2D eigenvalue weighted by molar-refractivity contribution is -0.719. The van der Waals surface area contributed by atoms with Crippen molar-refractivity contribution in [3.05, 3.63) is 30.1 Å². The third-order valence-electron chi connectivity index (χ3n) is 1.37. The lowest BCUT2D eigenvalue weighted by Crippen LogP contribution is -2.40. The number of thiocarbonyl (C=S) groups is 1. The summed E-state index contributed by atoms with van der Waals surface area (Å²) in [7, 11) is 0. The number of aromatic nitrogens is 1. The quantitative estimate of drug-likeness (QED) is 0.525. The fraction of sp³-hybridized carbons (Fsp3) is 0.250. The van der Waals surface area contributed by atoms with Crippen LogP contribution in [-0.4, -0.2) is 11.5 Å². The van der Waals surface area contributed by atoms with Crippen molar-refractivity contribution in [1.82, 2.24) is 0 Å². The van der Waals surface area contributed by atoms with Gasteiger partial charge in [0.15, 0.2) is 12.4 Å². The van der Waals surface area contributed by atoms with Crippen molar-refractivity contribution in [2.45, 2.75) is 12.7 Å². The molecule has 0 atom stereocenters. The highest BCUT2D eigenvalue weighted by Crippen LogP contribution is 2.13. The van der Waals surface area contributed by atoms with Gasteiger partial charge in [0.05, 0.1) is 5.37 Å². The van der Waals surface area contributed by atoms with Crippen LogP contribution in [-0.2, 0) is 6.54 Å². The number of hydrogen-bond acceptors (Lipinski definition) is 1. The van der Waals surface area contributed by atoms with Gasteiger partial charge in [0, 0.05) is 17.7 Å². The van der Waals surface area contributed by atoms with E-state index in [9.17, 15) is 13.2 Å². The standard InChI is InChI=1S/C8H6F3NS/c9-8(10,11)6-12-3-1-7(5-13)2-4-12/h1-4H,6H2/q+1. The van der Waals surface area contributed by atoms with Gasteiger partial charge in [-0.2, -0.15) is 17.7 Å². The first-order valence-corrected chi connectivity index (χ1v) is 3.86. The van der Waals surface area contributed by atoms with Crippen molar-refractivity contribution < 1.29 is 17.7 Å². The van der Waals surface area contributed by atoms with Crippen LogP contribution in [0.4, 0.5) is 13.2 Å². The van der Waals surface area contributed by atoms with Crippen molar-refractivity contribution in [2.24, 2.45) is 0 Å². The minimum absolute atomic E-state index is 0.605. The molecule has 1 aromatic heterocycles. The topological polar surface area (TPSA) is 3.88 Å². The second kappa shape index (κ2) is 3.83. The van der Waals surface area contributed by atoms with Gasteiger partial charge in [0.25, 0.3) is 0 Å². The maximum absolute atomic E-state index is 11.9. The molecule has 69 valence electrons. The number of alkyl halides is 3. The van der Waals surface area contributed by atoms with Crippen LogP contribution in [0, 0.1) is 0 Å². The first-order valence-electron chi connectivity index (χ1n) is 3.45. The molecule has 0 aliphatic carbocycles. The summed E-state index contributed by atoms with van der Waals surface area (Å²) in [6, 6.07) is 2.97. The van der Waals surface area contributed by atoms with Gasteiger partial charge in [-0.1, -0.05) is 12.2 Å². The molecule has 13 heavy (non-hydrogen) atoms. The van der Waals surface area contributed by atoms with Crippen molar-refractivity contribution in [2.75, 3.05) is 0 Å². The minimum atomic E-state index is -4.19. The number of nitrogens with zero attached hydrogens (tertiary/aromatic N) is 1. The Bertz CT molecular complexity index is 291. The summed E-state index contributed by atoms with van der Waals surface area (Å²) in [6.07, 6.45) is -1.54. The van der Waals surface area contributed by atoms with Crippen LogP contribution in [0.2, 0.25) is 0 Å². The average Bonchev–Trinajstić information content (AvgIpc) is 2.03. The van der Waals surface area contributed by atoms with Crippen molar-refractivity contribution >= 4 is 17.6 Å². The molecule has 1 aromatic rings. The molecule has 0 N–H and O–H groups in total. The van der Waals surface area contributed by atoms with E-state index in [4.69, 9.17) is 0 Å². The predicted molar refractivity (Wildman–Crippen MR) is 44.4 cm³/mol. The van der Waals surface area contributed by atoms with Crippen molar-refractivity contribution in [1.29, 1.82) is 0 Å². The molecule has 5 heteroatoms. The molecule has 1 rings (SSSR count). The van der Waals surface area contributed by atoms with Gasteiger partial charge in [-0.15, -0.1) is 0 Å². The van der Waals surface area contributed by atoms with Gasteiger partial charge in [-0.3, -0.25) is 0 Å². The Morgan fingerprint density at radius 3 is 2.23 bits per heavy atom. The summed E-state index contributed by atoms with van der Waals surface area (Å²) in [6.45, 7) is -0.981. The molecule has 0 fully saturated rings. The van der Waals surface area contributed by atoms with E-state index < -0.39 is 12.7 Å². The Kier molecular flexibility index (Phi) is 2.98. The Morgan fingerprint density at radius 2 is 1.85 bits per heavy atom. The van der Waals surface area contributed by atoms with E-state index in [0.717, 1.165) is 4.57 Å². The van der Waals surface area contributed by atoms with Gasteiger partial charge in [-0.25, -0.2) is 0 Å². The monoisotopic (exact) mass is 205 g/mol. The fourth-order valence-corrected chi connectivity index (χ4v) is 0.974. The summed E-state index contributed by atoms with van der Waals surface area (Å²) in [4.78, 5) is 0. The molecule has 0 spiro atoms. The van der Waals surface area contributed by atoms with Gasteiger partial charge in [0.2, 0.25) is 6.54 Å². The lowest BCUT2D eigenvalue weighted by Gasteiger charge is -2.01. The molecule has 0 aromatic carbocycles. The number of rotatable bonds is 2. The smallest absolute Gasteiger partial charge is 0.196 e. The SMILES string of the molecule is FC(F)(F)C[n+]1ccc([C]=S)cc1. The van der Waals surface area contributed by atoms with Crippen LogP contribution in [0.3, 0.4) is 0 Å². The molecular formula is C8H6F3NS+. The molecule has 0 saturated carbocycles. The van der Waals surface area contributed by atoms with Gasteiger partial charge >= 0.3 is 6.18 Å². The molecule has 1 radical (unpaired) electrons. The summed E-state index contributed by atoms with van der Waals surface area (Å²) >= 11 is 4.49. The second-order valence-electron chi connectivity index (χ2n) is 2.48. The summed E-state index contributed by atoms with van der Waals surface area (Å²) in [5, 5.41) is 2.41. The van der Waals surface area contributed by atoms with Gasteiger partial charge in [-0.05, 0) is 0 Å². The largest absolute Gasteiger partial charge is 0.448 e. The fourth-order valence-electron chi connectivity index (χ4n) is 0.838. The summed E-state index contributed by atoms with van der Waals surface area (Å²) in [5.41, 5.74) is 0.605. The Labute approximate surface area is 78.8 Å². The number of halogens is 3. The van der Waals surface area contributed by atoms with Crippen LogP contribution >= 0.6 is 12.2 Å². The van der Waals surface area contributed by atoms with Crippen LogP contribution in [0.1, 0.15) is 5.56 Å². The first kappa shape index (κ1) is 10.1. The van der Waals surface area contributed by atoms with Crippen LogP contribution in [0.15, 0.2) is 24.5 Å². The highest BCUT2D eigenvalue weighted by Gasteiger charge is 2.32. The second-order valence-corrected chi connectivity index (χ2v) is 2.68. The minimum Gasteiger partial charge on any atom is -0.196 e. The van der Waals surface area contributed by atoms with Crippen molar-refractivity contribution in [3.63, 3.8) is 0 Å². The normalized spacial score (nSPS) is 11.3. The zero-order valence-electron chi connectivity index (χ0n) is 6.51. The molecule has 0 amide bonds. The van der Waals surface area contributed by atoms with Gasteiger partial charge in [0.1, 0.15) is 0 Å². The number of hydrogen-bond donors (Lipinski definition) is 0. The molecule has 0 aliphatic heterocycles. The molecule has 0 bridgehead atoms. The van der Waals surface area contributed by atoms with Gasteiger partial charge < -0.3 is 0 Å². The first-order chi connectivity index (χ1) is 6.01. The van der Waals surface area contributed by atoms with E-state index in [1.807, 2.05) is 0 Å². The molecule has 1 heterocycles. The maximum Gasteiger partial charge on any atom is 0.448 e. The van der Waals surface area contributed by atoms with Crippen LogP contribution in [0.5, 0.6) is 0 Å². The van der Waals surface area contributed by atoms with E-state index in [1.165, 1.54) is 24.5 Å². The highest BCUT2D eigenvalue weighted by molar-refractivity contribution is 7.79. The van der Waals surface area contributed by atoms with Crippen LogP contribution in [0.25, 0.3) is 0 Å². The van der Waals surface area contributed by atoms with E-state index in [1.54, 1.807) is 0 Å². The van der Waals surface area contributed by atoms with Crippen molar-refractivity contribution in [3.8, 4) is 0 Å². The molecule has 0 saturated heterocycles. The Balaban J connectivity index is 2.75. The molecule has 1 nitrogen and oxygen atoms in total. The zero-order valence-corrected chi connectivity index (χ0v) is 7.32. The summed E-state index contributed by atoms with van der Waals surface area (Å²) < 4.78 is 36.6. The average molecular weight is 205 g/mol. The van der Waals surface area contributed by atoms with E-state index >= 15 is 0 Å². The predicted octanol–water partition coefficient (Wildman–Crippen LogP) is 1.76. The Hall–Kier alpha value is -0.970. The molecule has 0 aliphatic rings. The third kappa shape index (κ3) is 3.50. The molecular weight excluding hydrogens is 199 g/mol. The van der Waals surface area contributed by atoms with Crippen LogP contribution < -0.4 is 4.57 Å². The van der Waals surface area contributed by atoms with E-state index in [-0.39, 0.29) is 0 Å². The third-order valence-corrected chi connectivity index (χ3v) is 1.61. The number of pyridine rings is 1.